The Morgan fingerprint density at radius 3 is 2.65 bits per heavy atom. The molecular formula is C16H18ClF3N4O2. The Hall–Kier alpha value is -2.10. The maximum atomic E-state index is 12.9. The molecule has 1 aliphatic heterocycles. The molecule has 2 N–H and O–H groups in total. The summed E-state index contributed by atoms with van der Waals surface area (Å²) in [6, 6.07) is 6.90. The molecule has 1 unspecified atom stereocenters. The van der Waals surface area contributed by atoms with E-state index >= 15 is 0 Å². The SMILES string of the molecule is Cl.O=C(CC1COCCN1)Nc1ccc(-n2nccc2C(F)(F)F)cc1. The number of aromatic nitrogens is 2. The third-order valence-corrected chi connectivity index (χ3v) is 3.76. The highest BCUT2D eigenvalue weighted by Crippen LogP contribution is 2.30. The lowest BCUT2D eigenvalue weighted by Crippen LogP contribution is -2.43. The number of carbonyl (C=O) groups excluding carboxylic acids is 1. The number of anilines is 1. The summed E-state index contributed by atoms with van der Waals surface area (Å²) < 4.78 is 44.8. The average molecular weight is 391 g/mol. The highest BCUT2D eigenvalue weighted by molar-refractivity contribution is 5.91. The van der Waals surface area contributed by atoms with Crippen LogP contribution in [0, 0.1) is 0 Å². The predicted molar refractivity (Wildman–Crippen MR) is 91.7 cm³/mol. The monoisotopic (exact) mass is 390 g/mol. The summed E-state index contributed by atoms with van der Waals surface area (Å²) in [4.78, 5) is 12.0. The van der Waals surface area contributed by atoms with Gasteiger partial charge in [-0.25, -0.2) is 4.68 Å². The van der Waals surface area contributed by atoms with E-state index in [1.165, 1.54) is 12.1 Å². The molecule has 2 aromatic rings. The van der Waals surface area contributed by atoms with E-state index in [4.69, 9.17) is 4.74 Å². The first-order valence-electron chi connectivity index (χ1n) is 7.76. The van der Waals surface area contributed by atoms with Crippen molar-refractivity contribution in [1.29, 1.82) is 0 Å². The molecule has 1 aromatic carbocycles. The number of alkyl halides is 3. The predicted octanol–water partition coefficient (Wildman–Crippen LogP) is 2.63. The van der Waals surface area contributed by atoms with Crippen LogP contribution < -0.4 is 10.6 Å². The number of rotatable bonds is 4. The second-order valence-electron chi connectivity index (χ2n) is 5.65. The molecule has 1 aromatic heterocycles. The van der Waals surface area contributed by atoms with Crippen molar-refractivity contribution in [2.45, 2.75) is 18.6 Å². The molecule has 1 atom stereocenters. The summed E-state index contributed by atoms with van der Waals surface area (Å²) in [5.41, 5.74) is -0.0866. The van der Waals surface area contributed by atoms with Gasteiger partial charge in [0.2, 0.25) is 5.91 Å². The van der Waals surface area contributed by atoms with E-state index in [1.54, 1.807) is 12.1 Å². The number of nitrogens with one attached hydrogen (secondary N) is 2. The summed E-state index contributed by atoms with van der Waals surface area (Å²) in [6.07, 6.45) is -3.13. The van der Waals surface area contributed by atoms with E-state index in [1.807, 2.05) is 0 Å². The maximum Gasteiger partial charge on any atom is 0.433 e. The Morgan fingerprint density at radius 1 is 1.31 bits per heavy atom. The van der Waals surface area contributed by atoms with Gasteiger partial charge in [0.1, 0.15) is 5.69 Å². The van der Waals surface area contributed by atoms with Crippen LogP contribution in [-0.4, -0.2) is 41.5 Å². The normalized spacial score (nSPS) is 17.4. The van der Waals surface area contributed by atoms with E-state index in [0.29, 0.717) is 25.4 Å². The molecule has 1 saturated heterocycles. The lowest BCUT2D eigenvalue weighted by Gasteiger charge is -2.23. The van der Waals surface area contributed by atoms with Crippen LogP contribution in [0.5, 0.6) is 0 Å². The molecule has 1 aliphatic rings. The standard InChI is InChI=1S/C16H17F3N4O2.ClH/c17-16(18,19)14-5-6-21-23(14)13-3-1-11(2-4-13)22-15(24)9-12-10-25-8-7-20-12;/h1-6,12,20H,7-10H2,(H,22,24);1H. The van der Waals surface area contributed by atoms with Crippen molar-refractivity contribution in [2.24, 2.45) is 0 Å². The van der Waals surface area contributed by atoms with E-state index in [9.17, 15) is 18.0 Å². The maximum absolute atomic E-state index is 12.9. The molecule has 26 heavy (non-hydrogen) atoms. The van der Waals surface area contributed by atoms with Crippen LogP contribution >= 0.6 is 12.4 Å². The number of halogens is 4. The number of hydrogen-bond donors (Lipinski definition) is 2. The first-order chi connectivity index (χ1) is 11.9. The van der Waals surface area contributed by atoms with Crippen LogP contribution in [0.4, 0.5) is 18.9 Å². The van der Waals surface area contributed by atoms with E-state index in [0.717, 1.165) is 16.9 Å². The van der Waals surface area contributed by atoms with Crippen molar-refractivity contribution >= 4 is 24.0 Å². The van der Waals surface area contributed by atoms with E-state index < -0.39 is 11.9 Å². The Morgan fingerprint density at radius 2 is 2.04 bits per heavy atom. The molecule has 2 heterocycles. The fourth-order valence-corrected chi connectivity index (χ4v) is 2.60. The molecule has 142 valence electrons. The quantitative estimate of drug-likeness (QED) is 0.842. The zero-order valence-corrected chi connectivity index (χ0v) is 14.4. The van der Waals surface area contributed by atoms with Gasteiger partial charge in [-0.1, -0.05) is 0 Å². The van der Waals surface area contributed by atoms with Gasteiger partial charge in [-0.15, -0.1) is 12.4 Å². The molecular weight excluding hydrogens is 373 g/mol. The highest BCUT2D eigenvalue weighted by Gasteiger charge is 2.35. The fourth-order valence-electron chi connectivity index (χ4n) is 2.60. The number of carbonyl (C=O) groups is 1. The van der Waals surface area contributed by atoms with Gasteiger partial charge in [0.15, 0.2) is 0 Å². The molecule has 6 nitrogen and oxygen atoms in total. The van der Waals surface area contributed by atoms with Crippen LogP contribution in [0.2, 0.25) is 0 Å². The van der Waals surface area contributed by atoms with Gasteiger partial charge in [-0.3, -0.25) is 4.79 Å². The zero-order chi connectivity index (χ0) is 17.9. The summed E-state index contributed by atoms with van der Waals surface area (Å²) >= 11 is 0. The highest BCUT2D eigenvalue weighted by atomic mass is 35.5. The number of morpholine rings is 1. The minimum atomic E-state index is -4.49. The molecule has 1 fully saturated rings. The molecule has 0 spiro atoms. The number of nitrogens with zero attached hydrogens (tertiary/aromatic N) is 2. The molecule has 0 saturated carbocycles. The summed E-state index contributed by atoms with van der Waals surface area (Å²) in [7, 11) is 0. The van der Waals surface area contributed by atoms with Crippen LogP contribution in [0.1, 0.15) is 12.1 Å². The van der Waals surface area contributed by atoms with Crippen LogP contribution in [0.25, 0.3) is 5.69 Å². The van der Waals surface area contributed by atoms with Gasteiger partial charge in [-0.2, -0.15) is 18.3 Å². The van der Waals surface area contributed by atoms with E-state index in [2.05, 4.69) is 15.7 Å². The van der Waals surface area contributed by atoms with Gasteiger partial charge in [0.25, 0.3) is 0 Å². The van der Waals surface area contributed by atoms with Crippen LogP contribution in [-0.2, 0) is 15.7 Å². The molecule has 0 bridgehead atoms. The number of ether oxygens (including phenoxy) is 1. The Bertz CT molecular complexity index is 728. The van der Waals surface area contributed by atoms with Crippen LogP contribution in [0.15, 0.2) is 36.5 Å². The smallest absolute Gasteiger partial charge is 0.378 e. The molecule has 3 rings (SSSR count). The lowest BCUT2D eigenvalue weighted by molar-refractivity contribution is -0.142. The minimum Gasteiger partial charge on any atom is -0.378 e. The van der Waals surface area contributed by atoms with Crippen molar-refractivity contribution in [2.75, 3.05) is 25.1 Å². The minimum absolute atomic E-state index is 0. The van der Waals surface area contributed by atoms with Crippen molar-refractivity contribution in [3.63, 3.8) is 0 Å². The summed E-state index contributed by atoms with van der Waals surface area (Å²) in [5, 5.41) is 9.61. The summed E-state index contributed by atoms with van der Waals surface area (Å²) in [5.74, 6) is -0.189. The fraction of sp³-hybridized carbons (Fsp3) is 0.375. The molecule has 1 amide bonds. The first-order valence-corrected chi connectivity index (χ1v) is 7.76. The number of hydrogen-bond acceptors (Lipinski definition) is 4. The van der Waals surface area contributed by atoms with Gasteiger partial charge >= 0.3 is 6.18 Å². The molecule has 0 aliphatic carbocycles. The van der Waals surface area contributed by atoms with Gasteiger partial charge < -0.3 is 15.4 Å². The zero-order valence-electron chi connectivity index (χ0n) is 13.6. The van der Waals surface area contributed by atoms with Gasteiger partial charge in [0, 0.05) is 24.7 Å². The second kappa shape index (κ2) is 8.52. The second-order valence-corrected chi connectivity index (χ2v) is 5.65. The first kappa shape index (κ1) is 20.2. The Kier molecular flexibility index (Phi) is 6.63. The number of benzene rings is 1. The lowest BCUT2D eigenvalue weighted by atomic mass is 10.2. The summed E-state index contributed by atoms with van der Waals surface area (Å²) in [6.45, 7) is 1.82. The Balaban J connectivity index is 0.00000243. The van der Waals surface area contributed by atoms with Crippen molar-refractivity contribution < 1.29 is 22.7 Å². The molecule has 10 heteroatoms. The largest absolute Gasteiger partial charge is 0.433 e. The third kappa shape index (κ3) is 4.96. The van der Waals surface area contributed by atoms with Gasteiger partial charge in [-0.05, 0) is 30.3 Å². The van der Waals surface area contributed by atoms with Crippen molar-refractivity contribution in [3.8, 4) is 5.69 Å². The van der Waals surface area contributed by atoms with Crippen molar-refractivity contribution in [1.82, 2.24) is 15.1 Å². The average Bonchev–Trinajstić information content (AvgIpc) is 3.06. The van der Waals surface area contributed by atoms with Crippen molar-refractivity contribution in [3.05, 3.63) is 42.2 Å². The third-order valence-electron chi connectivity index (χ3n) is 3.76. The van der Waals surface area contributed by atoms with E-state index in [-0.39, 0.29) is 36.5 Å². The topological polar surface area (TPSA) is 68.2 Å². The number of amides is 1. The van der Waals surface area contributed by atoms with Gasteiger partial charge in [0.05, 0.1) is 25.1 Å². The Labute approximate surface area is 154 Å². The van der Waals surface area contributed by atoms with Crippen LogP contribution in [0.3, 0.4) is 0 Å². The molecule has 0 radical (unpaired) electrons.